The Kier molecular flexibility index (Phi) is 6.72. The lowest BCUT2D eigenvalue weighted by molar-refractivity contribution is -0.116. The van der Waals surface area contributed by atoms with E-state index in [4.69, 9.17) is 9.47 Å². The average molecular weight is 438 g/mol. The van der Waals surface area contributed by atoms with Gasteiger partial charge in [-0.3, -0.25) is 9.69 Å². The van der Waals surface area contributed by atoms with Crippen molar-refractivity contribution in [2.45, 2.75) is 33.6 Å². The summed E-state index contributed by atoms with van der Waals surface area (Å²) in [6.07, 6.45) is 3.47. The number of Topliss-reactive ketones (excluding diaryl/α,β-unsaturated/α-hetero) is 1. The zero-order valence-electron chi connectivity index (χ0n) is 19.0. The molecule has 2 saturated heterocycles. The maximum atomic E-state index is 11.3. The Labute approximate surface area is 188 Å². The first-order valence-electron chi connectivity index (χ1n) is 11.2. The standard InChI is InChI=1S/C22H25N5O3.C2H6/c1-16(28)9-17-3-2-4-18(10-17)30-21-6-5-20-24-19(11-27(20)25-21)23-15-26-8-7-22(12-26)13-29-14-22;1-2/h2-6,10-11,23H,7-9,12-15H2,1H3;1-2H3. The molecule has 0 aliphatic carbocycles. The normalized spacial score (nSPS) is 17.0. The molecule has 0 amide bonds. The first-order valence-corrected chi connectivity index (χ1v) is 11.2. The number of rotatable bonds is 7. The highest BCUT2D eigenvalue weighted by molar-refractivity contribution is 5.78. The Balaban J connectivity index is 0.00000119. The Morgan fingerprint density at radius 1 is 1.25 bits per heavy atom. The first-order chi connectivity index (χ1) is 15.6. The van der Waals surface area contributed by atoms with Crippen LogP contribution in [0.15, 0.2) is 42.6 Å². The molecule has 0 saturated carbocycles. The third-order valence-corrected chi connectivity index (χ3v) is 5.69. The smallest absolute Gasteiger partial charge is 0.237 e. The van der Waals surface area contributed by atoms with Crippen molar-refractivity contribution in [1.82, 2.24) is 19.5 Å². The molecule has 0 atom stereocenters. The van der Waals surface area contributed by atoms with Crippen LogP contribution in [0.25, 0.3) is 5.65 Å². The van der Waals surface area contributed by atoms with E-state index in [9.17, 15) is 4.79 Å². The number of carbonyl (C=O) groups is 1. The number of anilines is 1. The highest BCUT2D eigenvalue weighted by Crippen LogP contribution is 2.37. The number of likely N-dealkylation sites (tertiary alicyclic amines) is 1. The molecule has 1 aromatic carbocycles. The maximum absolute atomic E-state index is 11.3. The van der Waals surface area contributed by atoms with Crippen molar-refractivity contribution in [1.29, 1.82) is 0 Å². The van der Waals surface area contributed by atoms with Gasteiger partial charge in [0.25, 0.3) is 0 Å². The lowest BCUT2D eigenvalue weighted by Crippen LogP contribution is -2.45. The molecular formula is C24H31N5O3. The first kappa shape index (κ1) is 22.2. The molecule has 0 bridgehead atoms. The second-order valence-corrected chi connectivity index (χ2v) is 8.36. The van der Waals surface area contributed by atoms with Gasteiger partial charge in [-0.05, 0) is 37.1 Å². The minimum Gasteiger partial charge on any atom is -0.438 e. The Bertz CT molecular complexity index is 1080. The number of ketones is 1. The summed E-state index contributed by atoms with van der Waals surface area (Å²) in [4.78, 5) is 18.3. The molecule has 32 heavy (non-hydrogen) atoms. The molecule has 1 spiro atoms. The largest absolute Gasteiger partial charge is 0.438 e. The summed E-state index contributed by atoms with van der Waals surface area (Å²) in [5, 5.41) is 7.90. The van der Waals surface area contributed by atoms with Gasteiger partial charge < -0.3 is 14.8 Å². The number of hydrogen-bond donors (Lipinski definition) is 1. The zero-order valence-corrected chi connectivity index (χ0v) is 19.0. The summed E-state index contributed by atoms with van der Waals surface area (Å²) in [5.74, 6) is 2.03. The number of aromatic nitrogens is 3. The van der Waals surface area contributed by atoms with Gasteiger partial charge in [0.1, 0.15) is 17.4 Å². The molecule has 2 aliphatic heterocycles. The van der Waals surface area contributed by atoms with Gasteiger partial charge in [-0.2, -0.15) is 0 Å². The molecule has 8 heteroatoms. The molecule has 3 aromatic rings. The molecule has 5 rings (SSSR count). The van der Waals surface area contributed by atoms with Crippen molar-refractivity contribution in [3.63, 3.8) is 0 Å². The summed E-state index contributed by atoms with van der Waals surface area (Å²) >= 11 is 0. The van der Waals surface area contributed by atoms with Gasteiger partial charge in [0.05, 0.1) is 26.1 Å². The second kappa shape index (κ2) is 9.67. The number of ether oxygens (including phenoxy) is 2. The molecule has 2 aliphatic rings. The van der Waals surface area contributed by atoms with Crippen LogP contribution in [0.4, 0.5) is 5.82 Å². The van der Waals surface area contributed by atoms with Crippen LogP contribution in [-0.4, -0.2) is 58.3 Å². The lowest BCUT2D eigenvalue weighted by Gasteiger charge is -2.37. The molecule has 2 aromatic heterocycles. The van der Waals surface area contributed by atoms with Gasteiger partial charge in [0.15, 0.2) is 5.65 Å². The topological polar surface area (TPSA) is 81.0 Å². The summed E-state index contributed by atoms with van der Waals surface area (Å²) < 4.78 is 13.0. The number of nitrogens with zero attached hydrogens (tertiary/aromatic N) is 4. The third kappa shape index (κ3) is 5.08. The van der Waals surface area contributed by atoms with Crippen molar-refractivity contribution in [2.75, 3.05) is 38.3 Å². The van der Waals surface area contributed by atoms with E-state index in [2.05, 4.69) is 20.3 Å². The number of benzene rings is 1. The average Bonchev–Trinajstić information content (AvgIpc) is 3.37. The maximum Gasteiger partial charge on any atom is 0.237 e. The van der Waals surface area contributed by atoms with Crippen LogP contribution in [-0.2, 0) is 16.0 Å². The highest BCUT2D eigenvalue weighted by Gasteiger charge is 2.44. The van der Waals surface area contributed by atoms with Crippen LogP contribution in [0.3, 0.4) is 0 Å². The fourth-order valence-electron chi connectivity index (χ4n) is 4.11. The molecule has 4 heterocycles. The highest BCUT2D eigenvalue weighted by atomic mass is 16.5. The molecule has 1 N–H and O–H groups in total. The van der Waals surface area contributed by atoms with Gasteiger partial charge in [0.2, 0.25) is 5.88 Å². The Morgan fingerprint density at radius 2 is 2.09 bits per heavy atom. The SMILES string of the molecule is CC.CC(=O)Cc1cccc(Oc2ccc3nc(NCN4CCC5(COC5)C4)cn3n2)c1. The van der Waals surface area contributed by atoms with E-state index >= 15 is 0 Å². The number of hydrogen-bond acceptors (Lipinski definition) is 7. The van der Waals surface area contributed by atoms with E-state index in [1.54, 1.807) is 17.5 Å². The van der Waals surface area contributed by atoms with Gasteiger partial charge in [-0.15, -0.1) is 5.10 Å². The van der Waals surface area contributed by atoms with Crippen molar-refractivity contribution < 1.29 is 14.3 Å². The van der Waals surface area contributed by atoms with E-state index in [0.717, 1.165) is 50.0 Å². The van der Waals surface area contributed by atoms with Crippen LogP contribution >= 0.6 is 0 Å². The van der Waals surface area contributed by atoms with E-state index in [-0.39, 0.29) is 5.78 Å². The molecule has 0 radical (unpaired) electrons. The van der Waals surface area contributed by atoms with Crippen LogP contribution in [0.2, 0.25) is 0 Å². The van der Waals surface area contributed by atoms with Gasteiger partial charge >= 0.3 is 0 Å². The molecule has 2 fully saturated rings. The quantitative estimate of drug-likeness (QED) is 0.603. The molecule has 8 nitrogen and oxygen atoms in total. The van der Waals surface area contributed by atoms with Gasteiger partial charge in [-0.1, -0.05) is 26.0 Å². The van der Waals surface area contributed by atoms with Crippen LogP contribution in [0.5, 0.6) is 11.6 Å². The fourth-order valence-corrected chi connectivity index (χ4v) is 4.11. The monoisotopic (exact) mass is 437 g/mol. The van der Waals surface area contributed by atoms with Crippen LogP contribution in [0, 0.1) is 5.41 Å². The van der Waals surface area contributed by atoms with Crippen molar-refractivity contribution in [2.24, 2.45) is 5.41 Å². The minimum absolute atomic E-state index is 0.121. The predicted molar refractivity (Wildman–Crippen MR) is 123 cm³/mol. The van der Waals surface area contributed by atoms with Crippen molar-refractivity contribution >= 4 is 17.2 Å². The van der Waals surface area contributed by atoms with Gasteiger partial charge in [0, 0.05) is 31.0 Å². The third-order valence-electron chi connectivity index (χ3n) is 5.69. The van der Waals surface area contributed by atoms with E-state index in [1.807, 2.05) is 50.4 Å². The second-order valence-electron chi connectivity index (χ2n) is 8.36. The number of carbonyl (C=O) groups excluding carboxylic acids is 1. The Morgan fingerprint density at radius 3 is 2.81 bits per heavy atom. The van der Waals surface area contributed by atoms with Gasteiger partial charge in [-0.25, -0.2) is 9.50 Å². The Hall–Kier alpha value is -2.97. The lowest BCUT2D eigenvalue weighted by atomic mass is 9.85. The van der Waals surface area contributed by atoms with E-state index < -0.39 is 0 Å². The van der Waals surface area contributed by atoms with Crippen LogP contribution < -0.4 is 10.1 Å². The van der Waals surface area contributed by atoms with E-state index in [0.29, 0.717) is 23.5 Å². The predicted octanol–water partition coefficient (Wildman–Crippen LogP) is 3.77. The number of fused-ring (bicyclic) bond motifs is 1. The summed E-state index contributed by atoms with van der Waals surface area (Å²) in [6.45, 7) is 10.3. The van der Waals surface area contributed by atoms with Crippen LogP contribution in [0.1, 0.15) is 32.8 Å². The molecule has 170 valence electrons. The van der Waals surface area contributed by atoms with Crippen molar-refractivity contribution in [3.05, 3.63) is 48.2 Å². The zero-order chi connectivity index (χ0) is 22.6. The molecular weight excluding hydrogens is 406 g/mol. The fraction of sp³-hybridized carbons (Fsp3) is 0.458. The number of imidazole rings is 1. The van der Waals surface area contributed by atoms with Crippen molar-refractivity contribution in [3.8, 4) is 11.6 Å². The summed E-state index contributed by atoms with van der Waals surface area (Å²) in [6, 6.07) is 11.2. The molecule has 0 unspecified atom stereocenters. The minimum atomic E-state index is 0.121. The summed E-state index contributed by atoms with van der Waals surface area (Å²) in [5.41, 5.74) is 2.06. The number of nitrogens with one attached hydrogen (secondary N) is 1. The summed E-state index contributed by atoms with van der Waals surface area (Å²) in [7, 11) is 0. The van der Waals surface area contributed by atoms with E-state index in [1.165, 1.54) is 6.42 Å².